The average molecular weight is 408 g/mol. The van der Waals surface area contributed by atoms with Gasteiger partial charge in [0.1, 0.15) is 11.5 Å². The molecule has 0 aliphatic carbocycles. The summed E-state index contributed by atoms with van der Waals surface area (Å²) in [6.45, 7) is 3.54. The number of amides is 1. The van der Waals surface area contributed by atoms with Gasteiger partial charge in [-0.15, -0.1) is 0 Å². The maximum atomic E-state index is 12.2. The van der Waals surface area contributed by atoms with Gasteiger partial charge in [0.25, 0.3) is 5.91 Å². The Morgan fingerprint density at radius 3 is 2.45 bits per heavy atom. The first kappa shape index (κ1) is 19.2. The van der Waals surface area contributed by atoms with Crippen LogP contribution in [0.5, 0.6) is 0 Å². The number of hydrogen-bond donors (Lipinski definition) is 2. The van der Waals surface area contributed by atoms with Gasteiger partial charge in [-0.05, 0) is 62.4 Å². The lowest BCUT2D eigenvalue weighted by atomic mass is 10.1. The lowest BCUT2D eigenvalue weighted by Crippen LogP contribution is -2.30. The molecular weight excluding hydrogens is 388 g/mol. The zero-order chi connectivity index (χ0) is 20.6. The molecule has 0 fully saturated rings. The van der Waals surface area contributed by atoms with E-state index in [0.29, 0.717) is 17.1 Å². The van der Waals surface area contributed by atoms with Crippen LogP contribution in [-0.4, -0.2) is 20.4 Å². The zero-order valence-electron chi connectivity index (χ0n) is 16.0. The maximum Gasteiger partial charge on any atom is 0.256 e. The molecule has 2 heterocycles. The number of fused-ring (bicyclic) bond motifs is 1. The molecule has 0 saturated carbocycles. The minimum absolute atomic E-state index is 0.170. The number of sulfonamides is 1. The Morgan fingerprint density at radius 1 is 1.00 bits per heavy atom. The van der Waals surface area contributed by atoms with E-state index < -0.39 is 10.0 Å². The van der Waals surface area contributed by atoms with Crippen molar-refractivity contribution >= 4 is 33.3 Å². The fourth-order valence-corrected chi connectivity index (χ4v) is 4.44. The number of para-hydroxylation sites is 1. The number of carbonyl (C=O) groups excluding carboxylic acids is 1. The molecule has 2 N–H and O–H groups in total. The number of hydrogen-bond acceptors (Lipinski definition) is 4. The quantitative estimate of drug-likeness (QED) is 0.622. The lowest BCUT2D eigenvalue weighted by molar-refractivity contribution is -0.110. The van der Waals surface area contributed by atoms with Crippen LogP contribution < -0.4 is 10.0 Å². The Balaban J connectivity index is 1.60. The second kappa shape index (κ2) is 7.35. The molecule has 6 nitrogen and oxygen atoms in total. The van der Waals surface area contributed by atoms with Gasteiger partial charge in [-0.2, -0.15) is 0 Å². The number of nitrogens with one attached hydrogen (secondary N) is 2. The summed E-state index contributed by atoms with van der Waals surface area (Å²) < 4.78 is 32.9. The number of benzene rings is 2. The highest BCUT2D eigenvalue weighted by Crippen LogP contribution is 2.33. The molecule has 0 radical (unpaired) electrons. The van der Waals surface area contributed by atoms with E-state index in [-0.39, 0.29) is 16.8 Å². The predicted octanol–water partition coefficient (Wildman–Crippen LogP) is 4.13. The van der Waals surface area contributed by atoms with Gasteiger partial charge in [0.05, 0.1) is 10.5 Å². The normalized spacial score (nSPS) is 15.0. The molecule has 0 unspecified atom stereocenters. The second-order valence-corrected chi connectivity index (χ2v) is 8.77. The Hall–Kier alpha value is -3.16. The fourth-order valence-electron chi connectivity index (χ4n) is 3.19. The third kappa shape index (κ3) is 3.87. The molecular formula is C22H20N2O4S. The van der Waals surface area contributed by atoms with Gasteiger partial charge < -0.3 is 9.73 Å². The van der Waals surface area contributed by atoms with E-state index in [0.717, 1.165) is 16.8 Å². The van der Waals surface area contributed by atoms with Crippen molar-refractivity contribution in [3.63, 3.8) is 0 Å². The standard InChI is InChI=1S/C22H20N2O4S/c1-14(2)24-29(26,27)17-10-7-15(8-11-17)21-12-9-16(28-21)13-19-18-5-3-4-6-20(18)23-22(19)25/h3-14,24H,1-2H3,(H,23,25). The molecule has 1 aliphatic heterocycles. The van der Waals surface area contributed by atoms with Crippen LogP contribution in [0.3, 0.4) is 0 Å². The van der Waals surface area contributed by atoms with Crippen LogP contribution in [0.4, 0.5) is 5.69 Å². The van der Waals surface area contributed by atoms with Gasteiger partial charge in [0, 0.05) is 22.9 Å². The van der Waals surface area contributed by atoms with Crippen LogP contribution in [0.2, 0.25) is 0 Å². The van der Waals surface area contributed by atoms with Gasteiger partial charge in [-0.25, -0.2) is 13.1 Å². The third-order valence-corrected chi connectivity index (χ3v) is 6.14. The lowest BCUT2D eigenvalue weighted by Gasteiger charge is -2.09. The van der Waals surface area contributed by atoms with E-state index in [9.17, 15) is 13.2 Å². The molecule has 29 heavy (non-hydrogen) atoms. The minimum atomic E-state index is -3.54. The maximum absolute atomic E-state index is 12.2. The summed E-state index contributed by atoms with van der Waals surface area (Å²) in [4.78, 5) is 12.4. The summed E-state index contributed by atoms with van der Waals surface area (Å²) in [6, 6.07) is 17.4. The van der Waals surface area contributed by atoms with Crippen LogP contribution >= 0.6 is 0 Å². The van der Waals surface area contributed by atoms with Crippen molar-refractivity contribution in [3.05, 3.63) is 72.0 Å². The summed E-state index contributed by atoms with van der Waals surface area (Å²) >= 11 is 0. The van der Waals surface area contributed by atoms with E-state index in [1.54, 1.807) is 56.3 Å². The fraction of sp³-hybridized carbons (Fsp3) is 0.136. The Bertz CT molecular complexity index is 1210. The predicted molar refractivity (Wildman–Crippen MR) is 113 cm³/mol. The molecule has 148 valence electrons. The molecule has 1 aliphatic rings. The largest absolute Gasteiger partial charge is 0.457 e. The van der Waals surface area contributed by atoms with Crippen LogP contribution in [0.1, 0.15) is 25.2 Å². The monoisotopic (exact) mass is 408 g/mol. The molecule has 0 bridgehead atoms. The molecule has 0 atom stereocenters. The van der Waals surface area contributed by atoms with Crippen LogP contribution in [0, 0.1) is 0 Å². The second-order valence-electron chi connectivity index (χ2n) is 7.06. The highest BCUT2D eigenvalue weighted by atomic mass is 32.2. The van der Waals surface area contributed by atoms with E-state index in [1.165, 1.54) is 0 Å². The molecule has 3 aromatic rings. The van der Waals surface area contributed by atoms with Crippen molar-refractivity contribution in [2.75, 3.05) is 5.32 Å². The van der Waals surface area contributed by atoms with Crippen LogP contribution in [-0.2, 0) is 14.8 Å². The van der Waals surface area contributed by atoms with Crippen molar-refractivity contribution in [2.45, 2.75) is 24.8 Å². The topological polar surface area (TPSA) is 88.4 Å². The van der Waals surface area contributed by atoms with Crippen molar-refractivity contribution in [1.29, 1.82) is 0 Å². The van der Waals surface area contributed by atoms with Crippen LogP contribution in [0.15, 0.2) is 70.0 Å². The molecule has 7 heteroatoms. The van der Waals surface area contributed by atoms with E-state index in [2.05, 4.69) is 10.0 Å². The smallest absolute Gasteiger partial charge is 0.256 e. The molecule has 0 saturated heterocycles. The number of rotatable bonds is 5. The first-order chi connectivity index (χ1) is 13.8. The van der Waals surface area contributed by atoms with Crippen molar-refractivity contribution in [3.8, 4) is 11.3 Å². The Morgan fingerprint density at radius 2 is 1.72 bits per heavy atom. The number of carbonyl (C=O) groups is 1. The highest BCUT2D eigenvalue weighted by molar-refractivity contribution is 7.89. The Kier molecular flexibility index (Phi) is 4.86. The van der Waals surface area contributed by atoms with Gasteiger partial charge in [-0.3, -0.25) is 4.79 Å². The summed E-state index contributed by atoms with van der Waals surface area (Å²) in [6.07, 6.45) is 1.70. The first-order valence-corrected chi connectivity index (χ1v) is 10.7. The van der Waals surface area contributed by atoms with Gasteiger partial charge in [0.15, 0.2) is 0 Å². The number of anilines is 1. The minimum Gasteiger partial charge on any atom is -0.457 e. The summed E-state index contributed by atoms with van der Waals surface area (Å²) in [5, 5.41) is 2.83. The SMILES string of the molecule is CC(C)NS(=O)(=O)c1ccc(-c2ccc(C=C3C(=O)Nc4ccccc43)o2)cc1. The average Bonchev–Trinajstić information content (AvgIpc) is 3.26. The Labute approximate surface area is 169 Å². The van der Waals surface area contributed by atoms with Crippen molar-refractivity contribution in [1.82, 2.24) is 4.72 Å². The van der Waals surface area contributed by atoms with Gasteiger partial charge in [0.2, 0.25) is 10.0 Å². The molecule has 1 amide bonds. The van der Waals surface area contributed by atoms with Crippen LogP contribution in [0.25, 0.3) is 23.0 Å². The van der Waals surface area contributed by atoms with Crippen molar-refractivity contribution in [2.24, 2.45) is 0 Å². The summed E-state index contributed by atoms with van der Waals surface area (Å²) in [7, 11) is -3.54. The molecule has 0 spiro atoms. The van der Waals surface area contributed by atoms with E-state index in [4.69, 9.17) is 4.42 Å². The third-order valence-electron chi connectivity index (χ3n) is 4.46. The van der Waals surface area contributed by atoms with Gasteiger partial charge in [-0.1, -0.05) is 18.2 Å². The van der Waals surface area contributed by atoms with Crippen molar-refractivity contribution < 1.29 is 17.6 Å². The first-order valence-electron chi connectivity index (χ1n) is 9.18. The summed E-state index contributed by atoms with van der Waals surface area (Å²) in [5.41, 5.74) is 2.90. The highest BCUT2D eigenvalue weighted by Gasteiger charge is 2.24. The summed E-state index contributed by atoms with van der Waals surface area (Å²) in [5.74, 6) is 0.959. The van der Waals surface area contributed by atoms with Gasteiger partial charge >= 0.3 is 0 Å². The molecule has 4 rings (SSSR count). The van der Waals surface area contributed by atoms with E-state index in [1.807, 2.05) is 24.3 Å². The zero-order valence-corrected chi connectivity index (χ0v) is 16.8. The molecule has 2 aromatic carbocycles. The molecule has 1 aromatic heterocycles. The van der Waals surface area contributed by atoms with E-state index >= 15 is 0 Å². The number of furan rings is 1.